The Hall–Kier alpha value is -3.95. The van der Waals surface area contributed by atoms with Crippen LogP contribution in [0.15, 0.2) is 82.9 Å². The van der Waals surface area contributed by atoms with Gasteiger partial charge in [0, 0.05) is 39.5 Å². The van der Waals surface area contributed by atoms with Gasteiger partial charge >= 0.3 is 11.9 Å². The van der Waals surface area contributed by atoms with Crippen molar-refractivity contribution in [3.05, 3.63) is 104 Å². The van der Waals surface area contributed by atoms with E-state index < -0.39 is 35.5 Å². The number of Topliss-reactive ketones (excluding diaryl/α,β-unsaturated/α-hetero) is 1. The molecule has 0 amide bonds. The molecule has 10 heteroatoms. The third-order valence-electron chi connectivity index (χ3n) is 7.48. The molecule has 5 rings (SSSR count). The number of hydrogen-bond donors (Lipinski definition) is 1. The highest BCUT2D eigenvalue weighted by Gasteiger charge is 2.51. The Morgan fingerprint density at radius 3 is 2.56 bits per heavy atom. The van der Waals surface area contributed by atoms with Gasteiger partial charge in [0.2, 0.25) is 0 Å². The number of halogens is 1. The lowest BCUT2D eigenvalue weighted by Gasteiger charge is -2.44. The number of thiophene rings is 1. The number of esters is 2. The maximum absolute atomic E-state index is 14.7. The summed E-state index contributed by atoms with van der Waals surface area (Å²) in [5, 5.41) is 2.42. The van der Waals surface area contributed by atoms with E-state index in [1.165, 1.54) is 11.3 Å². The number of ketones is 1. The van der Waals surface area contributed by atoms with Crippen LogP contribution in [0.3, 0.4) is 0 Å². The van der Waals surface area contributed by atoms with E-state index in [-0.39, 0.29) is 24.6 Å². The highest BCUT2D eigenvalue weighted by Crippen LogP contribution is 2.52. The third-order valence-corrected chi connectivity index (χ3v) is 8.89. The molecule has 3 heterocycles. The first kappa shape index (κ1) is 28.6. The highest BCUT2D eigenvalue weighted by atomic mass is 35.5. The molecule has 2 aromatic heterocycles. The number of anilines is 1. The molecule has 2 aliphatic rings. The molecular weight excluding hydrogens is 562 g/mol. The summed E-state index contributed by atoms with van der Waals surface area (Å²) in [5.74, 6) is -4.04. The lowest BCUT2D eigenvalue weighted by molar-refractivity contribution is -0.152. The van der Waals surface area contributed by atoms with Crippen LogP contribution in [-0.2, 0) is 23.9 Å². The maximum Gasteiger partial charge on any atom is 0.338 e. The Labute approximate surface area is 247 Å². The molecule has 0 radical (unpaired) electrons. The normalized spacial score (nSPS) is 20.6. The zero-order valence-electron chi connectivity index (χ0n) is 22.9. The lowest BCUT2D eigenvalue weighted by Crippen LogP contribution is -2.46. The predicted molar refractivity (Wildman–Crippen MR) is 157 cm³/mol. The second kappa shape index (κ2) is 11.9. The number of carbonyl (C=O) groups excluding carboxylic acids is 3. The van der Waals surface area contributed by atoms with Crippen LogP contribution >= 0.6 is 22.9 Å². The second-order valence-electron chi connectivity index (χ2n) is 9.74. The van der Waals surface area contributed by atoms with Gasteiger partial charge in [-0.25, -0.2) is 4.79 Å². The van der Waals surface area contributed by atoms with Gasteiger partial charge in [0.25, 0.3) is 0 Å². The number of carbonyl (C=O) groups is 3. The minimum Gasteiger partial charge on any atom is -0.465 e. The zero-order valence-corrected chi connectivity index (χ0v) is 24.5. The van der Waals surface area contributed by atoms with Crippen LogP contribution < -0.4 is 10.6 Å². The van der Waals surface area contributed by atoms with Crippen molar-refractivity contribution >= 4 is 46.3 Å². The summed E-state index contributed by atoms with van der Waals surface area (Å²) in [6, 6.07) is 12.7. The van der Waals surface area contributed by atoms with Gasteiger partial charge in [-0.1, -0.05) is 29.8 Å². The minimum absolute atomic E-state index is 0.100. The Morgan fingerprint density at radius 1 is 1.12 bits per heavy atom. The topological polar surface area (TPSA) is 112 Å². The van der Waals surface area contributed by atoms with E-state index in [4.69, 9.17) is 26.8 Å². The first-order valence-electron chi connectivity index (χ1n) is 13.4. The van der Waals surface area contributed by atoms with Gasteiger partial charge in [0.05, 0.1) is 30.4 Å². The number of allylic oxidation sites excluding steroid dienone is 2. The first-order chi connectivity index (χ1) is 19.8. The molecule has 0 bridgehead atoms. The smallest absolute Gasteiger partial charge is 0.338 e. The molecule has 1 aliphatic carbocycles. The predicted octanol–water partition coefficient (Wildman–Crippen LogP) is 5.63. The molecule has 3 aromatic rings. The van der Waals surface area contributed by atoms with Gasteiger partial charge in [-0.15, -0.1) is 11.3 Å². The monoisotopic (exact) mass is 591 g/mol. The number of pyridine rings is 1. The number of aromatic nitrogens is 1. The fraction of sp³-hybridized carbons (Fsp3) is 0.290. The highest BCUT2D eigenvalue weighted by molar-refractivity contribution is 7.10. The Bertz CT molecular complexity index is 1550. The van der Waals surface area contributed by atoms with Gasteiger partial charge in [-0.3, -0.25) is 19.5 Å². The molecule has 0 saturated carbocycles. The van der Waals surface area contributed by atoms with E-state index in [0.29, 0.717) is 34.0 Å². The average molecular weight is 592 g/mol. The Balaban J connectivity index is 1.84. The van der Waals surface area contributed by atoms with E-state index >= 15 is 0 Å². The molecule has 0 unspecified atom stereocenters. The van der Waals surface area contributed by atoms with Gasteiger partial charge in [-0.05, 0) is 68.0 Å². The number of nitrogens with two attached hydrogens (primary N) is 1. The zero-order chi connectivity index (χ0) is 29.3. The molecule has 0 fully saturated rings. The molecule has 1 aliphatic heterocycles. The van der Waals surface area contributed by atoms with E-state index in [2.05, 4.69) is 4.98 Å². The van der Waals surface area contributed by atoms with E-state index in [1.54, 1.807) is 55.4 Å². The van der Waals surface area contributed by atoms with Crippen molar-refractivity contribution in [2.45, 2.75) is 39.0 Å². The Morgan fingerprint density at radius 2 is 1.90 bits per heavy atom. The summed E-state index contributed by atoms with van der Waals surface area (Å²) in [4.78, 5) is 48.6. The molecule has 8 nitrogen and oxygen atoms in total. The van der Waals surface area contributed by atoms with Crippen LogP contribution in [0.25, 0.3) is 0 Å². The molecule has 41 heavy (non-hydrogen) atoms. The van der Waals surface area contributed by atoms with Gasteiger partial charge < -0.3 is 15.2 Å². The fourth-order valence-electron chi connectivity index (χ4n) is 5.70. The first-order valence-corrected chi connectivity index (χ1v) is 14.6. The van der Waals surface area contributed by atoms with Crippen molar-refractivity contribution in [2.24, 2.45) is 11.7 Å². The number of benzene rings is 1. The summed E-state index contributed by atoms with van der Waals surface area (Å²) in [5.41, 5.74) is 9.82. The average Bonchev–Trinajstić information content (AvgIpc) is 3.50. The van der Waals surface area contributed by atoms with Crippen LogP contribution in [0.1, 0.15) is 48.1 Å². The fourth-order valence-corrected chi connectivity index (χ4v) is 6.74. The molecule has 0 saturated heterocycles. The third kappa shape index (κ3) is 5.04. The number of ether oxygens (including phenoxy) is 2. The quantitative estimate of drug-likeness (QED) is 0.278. The SMILES string of the molecule is CCOC(=O)C1=C(N)N(c2cccc(Cl)c2C)C2=C(C(=O)[C@H](C(=O)OCC)[C@H](c3cccs3)C2)[C@H]1c1cccnc1. The summed E-state index contributed by atoms with van der Waals surface area (Å²) in [6.07, 6.45) is 3.50. The van der Waals surface area contributed by atoms with Crippen molar-refractivity contribution in [3.8, 4) is 0 Å². The lowest BCUT2D eigenvalue weighted by atomic mass is 9.68. The molecule has 0 spiro atoms. The van der Waals surface area contributed by atoms with Gasteiger partial charge in [0.15, 0.2) is 5.78 Å². The van der Waals surface area contributed by atoms with Gasteiger partial charge in [-0.2, -0.15) is 0 Å². The molecule has 3 atom stereocenters. The van der Waals surface area contributed by atoms with Crippen LogP contribution in [0, 0.1) is 12.8 Å². The molecular formula is C31H30ClN3O5S. The summed E-state index contributed by atoms with van der Waals surface area (Å²) >= 11 is 8.01. The minimum atomic E-state index is -1.10. The molecule has 2 N–H and O–H groups in total. The molecule has 1 aromatic carbocycles. The van der Waals surface area contributed by atoms with Crippen LogP contribution in [0.5, 0.6) is 0 Å². The summed E-state index contributed by atoms with van der Waals surface area (Å²) in [7, 11) is 0. The van der Waals surface area contributed by atoms with Crippen molar-refractivity contribution in [1.29, 1.82) is 0 Å². The number of rotatable bonds is 7. The van der Waals surface area contributed by atoms with E-state index in [1.807, 2.05) is 30.5 Å². The maximum atomic E-state index is 14.7. The van der Waals surface area contributed by atoms with Crippen molar-refractivity contribution in [1.82, 2.24) is 4.98 Å². The second-order valence-corrected chi connectivity index (χ2v) is 11.1. The summed E-state index contributed by atoms with van der Waals surface area (Å²) < 4.78 is 10.9. The van der Waals surface area contributed by atoms with Crippen molar-refractivity contribution in [2.75, 3.05) is 18.1 Å². The van der Waals surface area contributed by atoms with Crippen LogP contribution in [0.2, 0.25) is 5.02 Å². The molecule has 212 valence electrons. The number of hydrogen-bond acceptors (Lipinski definition) is 9. The van der Waals surface area contributed by atoms with E-state index in [9.17, 15) is 14.4 Å². The van der Waals surface area contributed by atoms with Crippen molar-refractivity contribution < 1.29 is 23.9 Å². The van der Waals surface area contributed by atoms with Gasteiger partial charge in [0.1, 0.15) is 11.7 Å². The number of nitrogens with zero attached hydrogens (tertiary/aromatic N) is 2. The summed E-state index contributed by atoms with van der Waals surface area (Å²) in [6.45, 7) is 5.50. The van der Waals surface area contributed by atoms with Crippen molar-refractivity contribution in [3.63, 3.8) is 0 Å². The van der Waals surface area contributed by atoms with E-state index in [0.717, 1.165) is 10.4 Å². The van der Waals surface area contributed by atoms with Crippen LogP contribution in [-0.4, -0.2) is 35.9 Å². The van der Waals surface area contributed by atoms with Crippen LogP contribution in [0.4, 0.5) is 5.69 Å². The standard InChI is InChI=1S/C31H30ClN3O5S/c1-4-39-30(37)25-19(23-12-8-14-41-23)15-22-26(28(25)36)24(18-9-7-13-34-16-18)27(31(38)40-5-2)29(33)35(22)21-11-6-10-20(32)17(21)3/h6-14,16,19,24-25H,4-5,15,33H2,1-3H3/t19-,24+,25+/m0/s1. The Kier molecular flexibility index (Phi) is 8.28. The largest absolute Gasteiger partial charge is 0.465 e.